The third-order valence-corrected chi connectivity index (χ3v) is 6.53. The molecule has 1 fully saturated rings. The van der Waals surface area contributed by atoms with E-state index in [1.54, 1.807) is 43.5 Å². The third kappa shape index (κ3) is 5.93. The molecule has 1 saturated heterocycles. The lowest BCUT2D eigenvalue weighted by atomic mass is 10.1. The zero-order valence-electron chi connectivity index (χ0n) is 19.1. The van der Waals surface area contributed by atoms with Crippen LogP contribution < -0.4 is 15.0 Å². The lowest BCUT2D eigenvalue weighted by molar-refractivity contribution is 0.153. The van der Waals surface area contributed by atoms with Crippen molar-refractivity contribution in [3.63, 3.8) is 0 Å². The number of piperazine rings is 1. The fourth-order valence-electron chi connectivity index (χ4n) is 3.57. The first-order valence-corrected chi connectivity index (χ1v) is 12.1. The van der Waals surface area contributed by atoms with Crippen molar-refractivity contribution in [2.24, 2.45) is 0 Å². The van der Waals surface area contributed by atoms with Crippen LogP contribution in [-0.2, 0) is 11.0 Å². The SMILES string of the molecule is C=C.CC.COc1ccc(S(=O)n2cc(C(F)F)c3c(N4CCNCC4)cc(Cl)cc32)cc1. The zero-order valence-corrected chi connectivity index (χ0v) is 20.7. The average Bonchev–Trinajstić information content (AvgIpc) is 3.26. The number of halogens is 3. The molecule has 0 saturated carbocycles. The molecule has 1 N–H and O–H groups in total. The Hall–Kier alpha value is -2.42. The van der Waals surface area contributed by atoms with E-state index in [9.17, 15) is 13.0 Å². The Morgan fingerprint density at radius 3 is 2.27 bits per heavy atom. The molecule has 2 heterocycles. The van der Waals surface area contributed by atoms with Crippen LogP contribution in [0.1, 0.15) is 25.8 Å². The molecule has 4 rings (SSSR count). The van der Waals surface area contributed by atoms with E-state index < -0.39 is 17.4 Å². The van der Waals surface area contributed by atoms with E-state index in [1.807, 2.05) is 18.7 Å². The van der Waals surface area contributed by atoms with Crippen LogP contribution in [0.15, 0.2) is 60.6 Å². The van der Waals surface area contributed by atoms with Gasteiger partial charge in [0, 0.05) is 54.0 Å². The highest BCUT2D eigenvalue weighted by Crippen LogP contribution is 2.39. The second-order valence-electron chi connectivity index (χ2n) is 6.69. The number of alkyl halides is 2. The Labute approximate surface area is 201 Å². The number of hydrogen-bond acceptors (Lipinski definition) is 4. The van der Waals surface area contributed by atoms with Crippen LogP contribution in [0, 0.1) is 0 Å². The molecule has 1 aliphatic rings. The van der Waals surface area contributed by atoms with Crippen LogP contribution in [0.25, 0.3) is 10.9 Å². The summed E-state index contributed by atoms with van der Waals surface area (Å²) in [6.07, 6.45) is -1.42. The number of hydrogen-bond donors (Lipinski definition) is 1. The molecule has 1 aliphatic heterocycles. The van der Waals surface area contributed by atoms with E-state index in [1.165, 1.54) is 10.2 Å². The van der Waals surface area contributed by atoms with Gasteiger partial charge >= 0.3 is 0 Å². The second kappa shape index (κ2) is 12.7. The van der Waals surface area contributed by atoms with Crippen LogP contribution in [0.2, 0.25) is 5.02 Å². The van der Waals surface area contributed by atoms with E-state index in [0.29, 0.717) is 45.3 Å². The van der Waals surface area contributed by atoms with Gasteiger partial charge in [-0.15, -0.1) is 13.2 Å². The molecule has 180 valence electrons. The Kier molecular flexibility index (Phi) is 10.3. The number of nitrogens with zero attached hydrogens (tertiary/aromatic N) is 2. The largest absolute Gasteiger partial charge is 0.497 e. The first-order chi connectivity index (χ1) is 16.0. The number of methoxy groups -OCH3 is 1. The van der Waals surface area contributed by atoms with Gasteiger partial charge in [-0.2, -0.15) is 0 Å². The summed E-state index contributed by atoms with van der Waals surface area (Å²) in [5.41, 5.74) is 0.928. The minimum Gasteiger partial charge on any atom is -0.497 e. The summed E-state index contributed by atoms with van der Waals surface area (Å²) in [6, 6.07) is 9.99. The van der Waals surface area contributed by atoms with E-state index in [4.69, 9.17) is 16.3 Å². The first-order valence-electron chi connectivity index (χ1n) is 10.6. The quantitative estimate of drug-likeness (QED) is 0.436. The Morgan fingerprint density at radius 1 is 1.12 bits per heavy atom. The van der Waals surface area contributed by atoms with Crippen LogP contribution in [-0.4, -0.2) is 41.5 Å². The normalized spacial score (nSPS) is 14.2. The smallest absolute Gasteiger partial charge is 0.266 e. The molecule has 0 radical (unpaired) electrons. The van der Waals surface area contributed by atoms with Gasteiger partial charge in [0.05, 0.1) is 17.5 Å². The molecule has 2 aromatic carbocycles. The summed E-state index contributed by atoms with van der Waals surface area (Å²) in [6.45, 7) is 12.9. The Balaban J connectivity index is 0.000000914. The molecule has 0 aliphatic carbocycles. The van der Waals surface area contributed by atoms with Crippen LogP contribution >= 0.6 is 11.6 Å². The third-order valence-electron chi connectivity index (χ3n) is 4.98. The summed E-state index contributed by atoms with van der Waals surface area (Å²) in [5, 5.41) is 4.06. The minimum atomic E-state index is -2.70. The number of nitrogens with one attached hydrogen (secondary N) is 1. The fraction of sp³-hybridized carbons (Fsp3) is 0.333. The average molecular weight is 498 g/mol. The number of aromatic nitrogens is 1. The predicted molar refractivity (Wildman–Crippen MR) is 134 cm³/mol. The molecule has 1 atom stereocenters. The van der Waals surface area contributed by atoms with Gasteiger partial charge in [0.25, 0.3) is 6.43 Å². The highest BCUT2D eigenvalue weighted by atomic mass is 35.5. The van der Waals surface area contributed by atoms with Gasteiger partial charge in [0.2, 0.25) is 0 Å². The molecular weight excluding hydrogens is 468 g/mol. The molecule has 33 heavy (non-hydrogen) atoms. The first kappa shape index (κ1) is 26.8. The maximum Gasteiger partial charge on any atom is 0.266 e. The van der Waals surface area contributed by atoms with Crippen molar-refractivity contribution in [1.82, 2.24) is 9.29 Å². The number of ether oxygens (including phenoxy) is 1. The van der Waals surface area contributed by atoms with E-state index in [2.05, 4.69) is 18.5 Å². The van der Waals surface area contributed by atoms with Crippen molar-refractivity contribution in [3.05, 3.63) is 66.3 Å². The van der Waals surface area contributed by atoms with Crippen molar-refractivity contribution >= 4 is 39.2 Å². The topological polar surface area (TPSA) is 46.5 Å². The van der Waals surface area contributed by atoms with Gasteiger partial charge in [0.1, 0.15) is 5.75 Å². The van der Waals surface area contributed by atoms with Crippen molar-refractivity contribution in [2.75, 3.05) is 38.2 Å². The van der Waals surface area contributed by atoms with E-state index in [0.717, 1.165) is 13.1 Å². The maximum absolute atomic E-state index is 13.9. The summed E-state index contributed by atoms with van der Waals surface area (Å²) < 4.78 is 47.6. The lowest BCUT2D eigenvalue weighted by Gasteiger charge is -2.30. The van der Waals surface area contributed by atoms with Crippen molar-refractivity contribution in [3.8, 4) is 5.75 Å². The summed E-state index contributed by atoms with van der Waals surface area (Å²) in [7, 11) is -0.169. The summed E-state index contributed by atoms with van der Waals surface area (Å²) in [4.78, 5) is 2.52. The van der Waals surface area contributed by atoms with Crippen molar-refractivity contribution in [1.29, 1.82) is 0 Å². The number of anilines is 1. The van der Waals surface area contributed by atoms with Crippen molar-refractivity contribution in [2.45, 2.75) is 25.2 Å². The van der Waals surface area contributed by atoms with Crippen molar-refractivity contribution < 1.29 is 17.7 Å². The molecule has 0 bridgehead atoms. The standard InChI is InChI=1S/C20H20ClF2N3O2S.C2H6.C2H4/c1-28-14-2-4-15(5-3-14)29(27)26-12-16(20(22)23)19-17(10-13(21)11-18(19)26)25-8-6-24-7-9-25;2*1-2/h2-5,10-12,20,24H,6-9H2,1H3;1-2H3;1-2H2. The van der Waals surface area contributed by atoms with Crippen LogP contribution in [0.4, 0.5) is 14.5 Å². The number of benzene rings is 2. The van der Waals surface area contributed by atoms with E-state index in [-0.39, 0.29) is 5.56 Å². The summed E-state index contributed by atoms with van der Waals surface area (Å²) in [5.74, 6) is 0.625. The maximum atomic E-state index is 13.9. The molecular formula is C24H30ClF2N3O2S. The lowest BCUT2D eigenvalue weighted by Crippen LogP contribution is -2.43. The fourth-order valence-corrected chi connectivity index (χ4v) is 4.91. The van der Waals surface area contributed by atoms with Crippen LogP contribution in [0.3, 0.4) is 0 Å². The highest BCUT2D eigenvalue weighted by Gasteiger charge is 2.25. The number of rotatable bonds is 5. The molecule has 3 aromatic rings. The van der Waals surface area contributed by atoms with Gasteiger partial charge in [-0.1, -0.05) is 25.4 Å². The van der Waals surface area contributed by atoms with Gasteiger partial charge in [-0.3, -0.25) is 3.97 Å². The monoisotopic (exact) mass is 497 g/mol. The molecule has 1 aromatic heterocycles. The Bertz CT molecular complexity index is 1070. The predicted octanol–water partition coefficient (Wildman–Crippen LogP) is 6.05. The molecule has 0 amide bonds. The van der Waals surface area contributed by atoms with Crippen LogP contribution in [0.5, 0.6) is 5.75 Å². The minimum absolute atomic E-state index is 0.146. The van der Waals surface area contributed by atoms with E-state index >= 15 is 0 Å². The summed E-state index contributed by atoms with van der Waals surface area (Å²) >= 11 is 6.34. The molecule has 9 heteroatoms. The van der Waals surface area contributed by atoms with Gasteiger partial charge in [-0.25, -0.2) is 13.0 Å². The second-order valence-corrected chi connectivity index (χ2v) is 8.49. The molecule has 1 unspecified atom stereocenters. The van der Waals surface area contributed by atoms with Gasteiger partial charge in [0.15, 0.2) is 11.0 Å². The zero-order chi connectivity index (χ0) is 24.5. The van der Waals surface area contributed by atoms with Gasteiger partial charge < -0.3 is 15.0 Å². The Morgan fingerprint density at radius 2 is 1.73 bits per heavy atom. The number of fused-ring (bicyclic) bond motifs is 1. The molecule has 5 nitrogen and oxygen atoms in total. The van der Waals surface area contributed by atoms with Gasteiger partial charge in [-0.05, 0) is 36.4 Å². The molecule has 0 spiro atoms. The highest BCUT2D eigenvalue weighted by molar-refractivity contribution is 7.83.